The molecular formula is C34H49BN2O7. The van der Waals surface area contributed by atoms with Gasteiger partial charge in [-0.3, -0.25) is 9.59 Å². The predicted molar refractivity (Wildman–Crippen MR) is 171 cm³/mol. The summed E-state index contributed by atoms with van der Waals surface area (Å²) in [5, 5.41) is 6.31. The lowest BCUT2D eigenvalue weighted by Crippen LogP contribution is -2.56. The Balaban J connectivity index is 1.56. The third-order valence-corrected chi connectivity index (χ3v) is 9.20. The lowest BCUT2D eigenvalue weighted by atomic mass is 9.73. The number of ether oxygens (including phenoxy) is 3. The monoisotopic (exact) mass is 608 g/mol. The number of fused-ring (bicyclic) bond motifs is 1. The molecule has 0 spiro atoms. The van der Waals surface area contributed by atoms with Crippen LogP contribution in [0.15, 0.2) is 36.4 Å². The maximum absolute atomic E-state index is 14.0. The van der Waals surface area contributed by atoms with Crippen molar-refractivity contribution in [3.63, 3.8) is 0 Å². The minimum atomic E-state index is -0.782. The Morgan fingerprint density at radius 2 is 1.57 bits per heavy atom. The molecule has 0 aromatic heterocycles. The van der Waals surface area contributed by atoms with Gasteiger partial charge in [0.25, 0.3) is 0 Å². The highest BCUT2D eigenvalue weighted by atomic mass is 16.7. The lowest BCUT2D eigenvalue weighted by molar-refractivity contribution is -0.131. The fraction of sp³-hybridized carbons (Fsp3) is 0.588. The molecule has 1 aliphatic carbocycles. The second-order valence-corrected chi connectivity index (χ2v) is 13.3. The fourth-order valence-corrected chi connectivity index (χ4v) is 6.07. The Morgan fingerprint density at radius 3 is 2.14 bits per heavy atom. The van der Waals surface area contributed by atoms with E-state index in [9.17, 15) is 9.59 Å². The molecule has 240 valence electrons. The maximum atomic E-state index is 14.0. The molecule has 2 aliphatic rings. The zero-order valence-corrected chi connectivity index (χ0v) is 27.7. The molecule has 2 aromatic rings. The lowest BCUT2D eigenvalue weighted by Gasteiger charge is -2.32. The fourth-order valence-electron chi connectivity index (χ4n) is 6.07. The number of hydrogen-bond donors (Lipinski definition) is 2. The van der Waals surface area contributed by atoms with Gasteiger partial charge in [-0.1, -0.05) is 44.2 Å². The van der Waals surface area contributed by atoms with Gasteiger partial charge in [0.2, 0.25) is 11.8 Å². The number of amides is 2. The second-order valence-electron chi connectivity index (χ2n) is 13.3. The zero-order chi connectivity index (χ0) is 32.2. The Bertz CT molecular complexity index is 1300. The van der Waals surface area contributed by atoms with Gasteiger partial charge >= 0.3 is 7.12 Å². The molecule has 10 heteroatoms. The molecule has 44 heavy (non-hydrogen) atoms. The minimum Gasteiger partial charge on any atom is -0.496 e. The summed E-state index contributed by atoms with van der Waals surface area (Å²) in [5.74, 6) is 1.07. The van der Waals surface area contributed by atoms with E-state index < -0.39 is 24.4 Å². The average molecular weight is 609 g/mol. The number of carbonyl (C=O) groups excluding carboxylic acids is 2. The molecule has 1 unspecified atom stereocenters. The van der Waals surface area contributed by atoms with E-state index >= 15 is 0 Å². The Kier molecular flexibility index (Phi) is 10.6. The summed E-state index contributed by atoms with van der Waals surface area (Å²) in [6, 6.07) is 10.8. The molecule has 0 saturated carbocycles. The van der Waals surface area contributed by atoms with Crippen molar-refractivity contribution < 1.29 is 33.1 Å². The SMILES string of the molecule is COc1cc(OC)c(OC)c2c1CC(C(=O)N[C@@H](Cc1ccccc1)C(=O)N[C@@H](CC(C)C)B1OC(C)(C)C(C)(C)O1)CC2. The van der Waals surface area contributed by atoms with Crippen LogP contribution in [0.25, 0.3) is 0 Å². The molecule has 2 N–H and O–H groups in total. The van der Waals surface area contributed by atoms with Crippen molar-refractivity contribution in [3.05, 3.63) is 53.1 Å². The second kappa shape index (κ2) is 13.8. The number of methoxy groups -OCH3 is 3. The van der Waals surface area contributed by atoms with Crippen LogP contribution in [-0.4, -0.2) is 63.4 Å². The third kappa shape index (κ3) is 7.34. The summed E-state index contributed by atoms with van der Waals surface area (Å²) in [4.78, 5) is 27.8. The molecular weight excluding hydrogens is 559 g/mol. The summed E-state index contributed by atoms with van der Waals surface area (Å²) in [7, 11) is 4.22. The summed E-state index contributed by atoms with van der Waals surface area (Å²) >= 11 is 0. The average Bonchev–Trinajstić information content (AvgIpc) is 3.21. The first kappa shape index (κ1) is 33.7. The summed E-state index contributed by atoms with van der Waals surface area (Å²) in [6.45, 7) is 12.2. The van der Waals surface area contributed by atoms with Crippen LogP contribution < -0.4 is 24.8 Å². The Morgan fingerprint density at radius 1 is 0.932 bits per heavy atom. The number of nitrogens with one attached hydrogen (secondary N) is 2. The molecule has 0 radical (unpaired) electrons. The van der Waals surface area contributed by atoms with E-state index in [1.165, 1.54) is 0 Å². The topological polar surface area (TPSA) is 104 Å². The van der Waals surface area contributed by atoms with Crippen LogP contribution >= 0.6 is 0 Å². The number of benzene rings is 2. The van der Waals surface area contributed by atoms with Crippen LogP contribution in [-0.2, 0) is 38.2 Å². The van der Waals surface area contributed by atoms with Crippen molar-refractivity contribution >= 4 is 18.9 Å². The molecule has 1 heterocycles. The number of hydrogen-bond acceptors (Lipinski definition) is 7. The summed E-state index contributed by atoms with van der Waals surface area (Å²) < 4.78 is 29.5. The standard InChI is InChI=1S/C34H49BN2O7/c1-21(2)17-29(35-43-33(3,4)34(5,6)44-35)37-32(39)26(18-22-13-11-10-12-14-22)36-31(38)23-15-16-24-25(19-23)27(40-7)20-28(41-8)30(24)42-9/h10-14,20-21,23,26,29H,15-19H2,1-9H3,(H,36,38)(H,37,39)/t23?,26-,29-/m0/s1. The molecule has 9 nitrogen and oxygen atoms in total. The van der Waals surface area contributed by atoms with Gasteiger partial charge in [0.1, 0.15) is 11.8 Å². The highest BCUT2D eigenvalue weighted by Gasteiger charge is 2.54. The molecule has 2 amide bonds. The quantitative estimate of drug-likeness (QED) is 0.337. The van der Waals surface area contributed by atoms with E-state index in [2.05, 4.69) is 24.5 Å². The van der Waals surface area contributed by atoms with E-state index in [1.807, 2.05) is 58.0 Å². The van der Waals surface area contributed by atoms with Crippen LogP contribution in [0.2, 0.25) is 0 Å². The van der Waals surface area contributed by atoms with E-state index in [4.69, 9.17) is 23.5 Å². The van der Waals surface area contributed by atoms with Crippen molar-refractivity contribution in [2.75, 3.05) is 21.3 Å². The number of carbonyl (C=O) groups is 2. The molecule has 0 bridgehead atoms. The first-order valence-corrected chi connectivity index (χ1v) is 15.6. The van der Waals surface area contributed by atoms with Crippen molar-refractivity contribution in [1.82, 2.24) is 10.6 Å². The maximum Gasteiger partial charge on any atom is 0.481 e. The summed E-state index contributed by atoms with van der Waals surface area (Å²) in [6.07, 6.45) is 2.72. The van der Waals surface area contributed by atoms with E-state index in [-0.39, 0.29) is 29.6 Å². The van der Waals surface area contributed by atoms with E-state index in [0.717, 1.165) is 16.7 Å². The van der Waals surface area contributed by atoms with Crippen LogP contribution in [0.1, 0.15) is 71.1 Å². The van der Waals surface area contributed by atoms with Crippen molar-refractivity contribution in [2.24, 2.45) is 11.8 Å². The van der Waals surface area contributed by atoms with Crippen LogP contribution in [0.5, 0.6) is 17.2 Å². The van der Waals surface area contributed by atoms with E-state index in [0.29, 0.717) is 49.4 Å². The zero-order valence-electron chi connectivity index (χ0n) is 27.7. The van der Waals surface area contributed by atoms with Gasteiger partial charge in [-0.15, -0.1) is 0 Å². The van der Waals surface area contributed by atoms with Crippen molar-refractivity contribution in [3.8, 4) is 17.2 Å². The first-order chi connectivity index (χ1) is 20.8. The molecule has 1 fully saturated rings. The summed E-state index contributed by atoms with van der Waals surface area (Å²) in [5.41, 5.74) is 1.82. The predicted octanol–water partition coefficient (Wildman–Crippen LogP) is 4.71. The smallest absolute Gasteiger partial charge is 0.481 e. The number of rotatable bonds is 12. The van der Waals surface area contributed by atoms with Gasteiger partial charge in [-0.05, 0) is 64.9 Å². The van der Waals surface area contributed by atoms with Crippen LogP contribution in [0.3, 0.4) is 0 Å². The van der Waals surface area contributed by atoms with Crippen LogP contribution in [0, 0.1) is 11.8 Å². The van der Waals surface area contributed by atoms with Gasteiger partial charge in [-0.2, -0.15) is 0 Å². The van der Waals surface area contributed by atoms with Crippen molar-refractivity contribution in [1.29, 1.82) is 0 Å². The van der Waals surface area contributed by atoms with Gasteiger partial charge in [0.15, 0.2) is 11.5 Å². The molecule has 3 atom stereocenters. The highest BCUT2D eigenvalue weighted by molar-refractivity contribution is 6.48. The van der Waals surface area contributed by atoms with Crippen LogP contribution in [0.4, 0.5) is 0 Å². The Hall–Kier alpha value is -3.24. The normalized spacial score (nSPS) is 20.0. The van der Waals surface area contributed by atoms with Gasteiger partial charge in [0.05, 0.1) is 38.5 Å². The molecule has 4 rings (SSSR count). The largest absolute Gasteiger partial charge is 0.496 e. The third-order valence-electron chi connectivity index (χ3n) is 9.20. The van der Waals surface area contributed by atoms with Gasteiger partial charge in [-0.25, -0.2) is 0 Å². The van der Waals surface area contributed by atoms with Crippen molar-refractivity contribution in [2.45, 2.75) is 96.8 Å². The molecule has 1 saturated heterocycles. The molecule has 1 aliphatic heterocycles. The van der Waals surface area contributed by atoms with E-state index in [1.54, 1.807) is 27.4 Å². The minimum absolute atomic E-state index is 0.167. The highest BCUT2D eigenvalue weighted by Crippen LogP contribution is 2.44. The molecule has 2 aromatic carbocycles. The Labute approximate surface area is 262 Å². The first-order valence-electron chi connectivity index (χ1n) is 15.6. The van der Waals surface area contributed by atoms with Gasteiger partial charge < -0.3 is 34.2 Å². The van der Waals surface area contributed by atoms with Gasteiger partial charge in [0, 0.05) is 29.5 Å².